The first-order valence-electron chi connectivity index (χ1n) is 12.1. The lowest BCUT2D eigenvalue weighted by Crippen LogP contribution is -2.31. The number of halogens is 2. The number of rotatable bonds is 5. The van der Waals surface area contributed by atoms with Crippen molar-refractivity contribution in [3.63, 3.8) is 0 Å². The Morgan fingerprint density at radius 2 is 1.86 bits per heavy atom. The van der Waals surface area contributed by atoms with Gasteiger partial charge >= 0.3 is 6.09 Å². The summed E-state index contributed by atoms with van der Waals surface area (Å²) in [6.45, 7) is 8.50. The first kappa shape index (κ1) is 24.5. The van der Waals surface area contributed by atoms with Gasteiger partial charge in [0.2, 0.25) is 5.95 Å². The monoisotopic (exact) mass is 507 g/mol. The van der Waals surface area contributed by atoms with Crippen LogP contribution in [-0.4, -0.2) is 43.7 Å². The molecule has 0 radical (unpaired) electrons. The van der Waals surface area contributed by atoms with Crippen LogP contribution in [0.1, 0.15) is 44.2 Å². The number of hydrogen-bond acceptors (Lipinski definition) is 7. The van der Waals surface area contributed by atoms with Crippen molar-refractivity contribution in [3.8, 4) is 11.3 Å². The van der Waals surface area contributed by atoms with Crippen LogP contribution in [0.5, 0.6) is 0 Å². The van der Waals surface area contributed by atoms with Crippen LogP contribution in [-0.2, 0) is 4.74 Å². The molecule has 1 aliphatic heterocycles. The molecule has 0 spiro atoms. The van der Waals surface area contributed by atoms with Crippen LogP contribution in [0.15, 0.2) is 30.5 Å². The highest BCUT2D eigenvalue weighted by molar-refractivity contribution is 5.88. The third kappa shape index (κ3) is 4.68. The van der Waals surface area contributed by atoms with Crippen LogP contribution < -0.4 is 10.2 Å². The van der Waals surface area contributed by atoms with Gasteiger partial charge in [0.15, 0.2) is 11.6 Å². The molecule has 1 N–H and O–H groups in total. The number of imidazole rings is 1. The summed E-state index contributed by atoms with van der Waals surface area (Å²) in [7, 11) is 0. The zero-order valence-corrected chi connectivity index (χ0v) is 21.0. The van der Waals surface area contributed by atoms with E-state index in [1.807, 2.05) is 25.3 Å². The van der Waals surface area contributed by atoms with Gasteiger partial charge in [0.05, 0.1) is 29.7 Å². The third-order valence-electron chi connectivity index (χ3n) is 6.27. The number of aromatic nitrogens is 5. The molecule has 1 saturated heterocycles. The Morgan fingerprint density at radius 3 is 2.62 bits per heavy atom. The summed E-state index contributed by atoms with van der Waals surface area (Å²) in [4.78, 5) is 31.0. The molecule has 5 rings (SSSR count). The van der Waals surface area contributed by atoms with Crippen molar-refractivity contribution >= 4 is 34.6 Å². The van der Waals surface area contributed by atoms with Gasteiger partial charge in [-0.3, -0.25) is 4.90 Å². The Hall–Kier alpha value is -4.15. The highest BCUT2D eigenvalue weighted by Gasteiger charge is 2.22. The molecule has 1 aromatic carbocycles. The number of aryl methyl sites for hydroxylation is 2. The summed E-state index contributed by atoms with van der Waals surface area (Å²) in [5.41, 5.74) is 2.28. The van der Waals surface area contributed by atoms with Gasteiger partial charge in [-0.1, -0.05) is 0 Å². The highest BCUT2D eigenvalue weighted by Crippen LogP contribution is 2.31. The number of carbonyl (C=O) groups excluding carboxylic acids is 1. The number of benzene rings is 1. The van der Waals surface area contributed by atoms with Gasteiger partial charge in [-0.15, -0.1) is 0 Å². The first-order valence-corrected chi connectivity index (χ1v) is 12.1. The second kappa shape index (κ2) is 9.72. The maximum Gasteiger partial charge on any atom is 0.414 e. The van der Waals surface area contributed by atoms with E-state index in [9.17, 15) is 13.6 Å². The second-order valence-corrected chi connectivity index (χ2v) is 9.24. The van der Waals surface area contributed by atoms with Gasteiger partial charge in [-0.2, -0.15) is 0 Å². The molecule has 11 heteroatoms. The minimum atomic E-state index is -0.684. The Bertz CT molecular complexity index is 1500. The van der Waals surface area contributed by atoms with E-state index in [0.29, 0.717) is 41.7 Å². The Kier molecular flexibility index (Phi) is 6.45. The number of carbonyl (C=O) groups is 1. The van der Waals surface area contributed by atoms with Crippen LogP contribution >= 0.6 is 0 Å². The minimum absolute atomic E-state index is 0.0422. The molecule has 4 aromatic rings. The van der Waals surface area contributed by atoms with Crippen molar-refractivity contribution in [2.24, 2.45) is 0 Å². The van der Waals surface area contributed by atoms with Crippen LogP contribution in [0.25, 0.3) is 22.3 Å². The van der Waals surface area contributed by atoms with Crippen molar-refractivity contribution in [2.75, 3.05) is 23.4 Å². The zero-order valence-electron chi connectivity index (χ0n) is 21.0. The predicted molar refractivity (Wildman–Crippen MR) is 136 cm³/mol. The molecular formula is C26H27F2N7O2. The largest absolute Gasteiger partial charge is 0.449 e. The number of hydrogen-bond donors (Lipinski definition) is 1. The third-order valence-corrected chi connectivity index (χ3v) is 6.27. The van der Waals surface area contributed by atoms with E-state index in [1.165, 1.54) is 6.07 Å². The standard InChI is InChI=1S/C26H27F2N7O2/c1-14(2)35-16(4)31-24-18(27)11-17(12-21(24)35)23-19(28)13-29-25(33-23)32-22-8-7-20(15(3)30-22)34-9-5-6-10-37-26(34)36/h7-8,11-14H,5-6,9-10H2,1-4H3,(H,29,30,32,33). The Labute approximate surface area is 212 Å². The molecular weight excluding hydrogens is 480 g/mol. The van der Waals surface area contributed by atoms with E-state index in [0.717, 1.165) is 19.0 Å². The molecule has 37 heavy (non-hydrogen) atoms. The van der Waals surface area contributed by atoms with E-state index in [2.05, 4.69) is 25.3 Å². The summed E-state index contributed by atoms with van der Waals surface area (Å²) >= 11 is 0. The van der Waals surface area contributed by atoms with Crippen molar-refractivity contribution < 1.29 is 18.3 Å². The summed E-state index contributed by atoms with van der Waals surface area (Å²) in [6, 6.07) is 6.40. The summed E-state index contributed by atoms with van der Waals surface area (Å²) in [5, 5.41) is 2.98. The quantitative estimate of drug-likeness (QED) is 0.362. The number of fused-ring (bicyclic) bond motifs is 1. The van der Waals surface area contributed by atoms with Gasteiger partial charge in [-0.25, -0.2) is 33.5 Å². The topological polar surface area (TPSA) is 98.1 Å². The first-order chi connectivity index (χ1) is 17.7. The molecule has 0 aliphatic carbocycles. The molecule has 0 bridgehead atoms. The fourth-order valence-corrected chi connectivity index (χ4v) is 4.63. The van der Waals surface area contributed by atoms with E-state index in [-0.39, 0.29) is 28.8 Å². The molecule has 4 heterocycles. The molecule has 1 amide bonds. The minimum Gasteiger partial charge on any atom is -0.449 e. The van der Waals surface area contributed by atoms with Crippen molar-refractivity contribution in [1.82, 2.24) is 24.5 Å². The van der Waals surface area contributed by atoms with E-state index >= 15 is 0 Å². The fraction of sp³-hybridized carbons (Fsp3) is 0.346. The van der Waals surface area contributed by atoms with Crippen molar-refractivity contribution in [3.05, 3.63) is 53.6 Å². The second-order valence-electron chi connectivity index (χ2n) is 9.24. The average molecular weight is 508 g/mol. The summed E-state index contributed by atoms with van der Waals surface area (Å²) in [6.07, 6.45) is 2.29. The number of nitrogens with zero attached hydrogens (tertiary/aromatic N) is 6. The molecule has 9 nitrogen and oxygen atoms in total. The number of nitrogens with one attached hydrogen (secondary N) is 1. The van der Waals surface area contributed by atoms with Crippen molar-refractivity contribution in [1.29, 1.82) is 0 Å². The maximum absolute atomic E-state index is 15.0. The van der Waals surface area contributed by atoms with Gasteiger partial charge in [0, 0.05) is 18.2 Å². The normalized spacial score (nSPS) is 14.2. The predicted octanol–water partition coefficient (Wildman–Crippen LogP) is 5.84. The Balaban J connectivity index is 1.46. The number of pyridine rings is 1. The van der Waals surface area contributed by atoms with Crippen LogP contribution in [0.4, 0.5) is 31.0 Å². The van der Waals surface area contributed by atoms with E-state index in [1.54, 1.807) is 30.0 Å². The van der Waals surface area contributed by atoms with E-state index in [4.69, 9.17) is 4.74 Å². The van der Waals surface area contributed by atoms with Gasteiger partial charge in [0.25, 0.3) is 0 Å². The lowest BCUT2D eigenvalue weighted by Gasteiger charge is -2.21. The van der Waals surface area contributed by atoms with Crippen molar-refractivity contribution in [2.45, 2.75) is 46.6 Å². The smallest absolute Gasteiger partial charge is 0.414 e. The molecule has 0 atom stereocenters. The van der Waals surface area contributed by atoms with E-state index < -0.39 is 17.7 Å². The number of cyclic esters (lactones) is 1. The molecule has 1 fully saturated rings. The van der Waals surface area contributed by atoms with Gasteiger partial charge in [0.1, 0.15) is 22.9 Å². The SMILES string of the molecule is Cc1nc(Nc2ncc(F)c(-c3cc(F)c4nc(C)n(C(C)C)c4c3)n2)ccc1N1CCCCOC1=O. The molecule has 3 aromatic heterocycles. The lowest BCUT2D eigenvalue weighted by molar-refractivity contribution is 0.159. The van der Waals surface area contributed by atoms with Crippen LogP contribution in [0.2, 0.25) is 0 Å². The Morgan fingerprint density at radius 1 is 1.05 bits per heavy atom. The number of amides is 1. The molecule has 1 aliphatic rings. The molecule has 192 valence electrons. The van der Waals surface area contributed by atoms with Gasteiger partial charge in [-0.05, 0) is 64.8 Å². The highest BCUT2D eigenvalue weighted by atomic mass is 19.1. The van der Waals surface area contributed by atoms with Crippen LogP contribution in [0, 0.1) is 25.5 Å². The summed E-state index contributed by atoms with van der Waals surface area (Å²) < 4.78 is 36.9. The average Bonchev–Trinajstić information content (AvgIpc) is 3.05. The fourth-order valence-electron chi connectivity index (χ4n) is 4.63. The lowest BCUT2D eigenvalue weighted by atomic mass is 10.1. The van der Waals surface area contributed by atoms with Crippen LogP contribution in [0.3, 0.4) is 0 Å². The maximum atomic E-state index is 15.0. The molecule has 0 unspecified atom stereocenters. The number of anilines is 3. The molecule has 0 saturated carbocycles. The summed E-state index contributed by atoms with van der Waals surface area (Å²) in [5.74, 6) is -0.0560. The van der Waals surface area contributed by atoms with Gasteiger partial charge < -0.3 is 14.6 Å². The number of ether oxygens (including phenoxy) is 1. The zero-order chi connectivity index (χ0) is 26.3.